The summed E-state index contributed by atoms with van der Waals surface area (Å²) in [4.78, 5) is 21.8. The summed E-state index contributed by atoms with van der Waals surface area (Å²) < 4.78 is 0. The Kier molecular flexibility index (Phi) is 7.34. The number of benzene rings is 1. The van der Waals surface area contributed by atoms with Crippen LogP contribution >= 0.6 is 0 Å². The molecule has 0 aliphatic rings. The average molecular weight is 294 g/mol. The Hall–Kier alpha value is -1.99. The molecular weight excluding hydrogens is 272 g/mol. The molecule has 0 aromatic heterocycles. The highest BCUT2D eigenvalue weighted by Gasteiger charge is 2.12. The van der Waals surface area contributed by atoms with E-state index in [-0.39, 0.29) is 11.6 Å². The molecule has 1 aromatic carbocycles. The number of carbonyl (C=O) groups is 1. The number of nitrogens with one attached hydrogen (secondary N) is 1. The van der Waals surface area contributed by atoms with Gasteiger partial charge in [-0.25, -0.2) is 0 Å². The minimum Gasteiger partial charge on any atom is -0.354 e. The van der Waals surface area contributed by atoms with E-state index in [0.29, 0.717) is 25.9 Å². The number of carbonyl (C=O) groups excluding carboxylic acids is 1. The number of hydrogen-bond donors (Lipinski definition) is 3. The van der Waals surface area contributed by atoms with Gasteiger partial charge in [0.1, 0.15) is 0 Å². The van der Waals surface area contributed by atoms with Crippen LogP contribution in [0.2, 0.25) is 0 Å². The summed E-state index contributed by atoms with van der Waals surface area (Å²) in [5.41, 5.74) is 12.1. The summed E-state index contributed by atoms with van der Waals surface area (Å²) in [5.74, 6) is -0.172. The standard InChI is InChI=1S/C14H22N4O3/c15-9-2-1-3-13(16)14(19)17-10-8-11-4-6-12(7-5-11)18(20)21/h4-7,13H,1-3,8-10,15-16H2,(H,17,19)/t13-/m0/s1. The van der Waals surface area contributed by atoms with Crippen molar-refractivity contribution in [2.45, 2.75) is 31.7 Å². The van der Waals surface area contributed by atoms with Crippen molar-refractivity contribution in [2.24, 2.45) is 11.5 Å². The van der Waals surface area contributed by atoms with Gasteiger partial charge >= 0.3 is 0 Å². The first-order chi connectivity index (χ1) is 10.0. The molecule has 1 atom stereocenters. The van der Waals surface area contributed by atoms with Crippen molar-refractivity contribution in [3.63, 3.8) is 0 Å². The Morgan fingerprint density at radius 2 is 1.95 bits per heavy atom. The zero-order valence-electron chi connectivity index (χ0n) is 12.0. The molecule has 0 unspecified atom stereocenters. The molecule has 0 saturated heterocycles. The SMILES string of the molecule is NCCCC[C@H](N)C(=O)NCCc1ccc([N+](=O)[O-])cc1. The Balaban J connectivity index is 2.29. The van der Waals surface area contributed by atoms with Crippen LogP contribution in [0.25, 0.3) is 0 Å². The van der Waals surface area contributed by atoms with E-state index in [1.54, 1.807) is 12.1 Å². The van der Waals surface area contributed by atoms with Crippen LogP contribution in [-0.2, 0) is 11.2 Å². The number of hydrogen-bond acceptors (Lipinski definition) is 5. The number of amides is 1. The molecule has 1 aromatic rings. The number of rotatable bonds is 9. The molecule has 5 N–H and O–H groups in total. The number of non-ortho nitro benzene ring substituents is 1. The topological polar surface area (TPSA) is 124 Å². The van der Waals surface area contributed by atoms with Crippen molar-refractivity contribution < 1.29 is 9.72 Å². The number of nitro groups is 1. The van der Waals surface area contributed by atoms with Crippen LogP contribution in [0.5, 0.6) is 0 Å². The lowest BCUT2D eigenvalue weighted by atomic mass is 10.1. The van der Waals surface area contributed by atoms with Gasteiger partial charge in [0.05, 0.1) is 11.0 Å². The Morgan fingerprint density at radius 1 is 1.29 bits per heavy atom. The third-order valence-electron chi connectivity index (χ3n) is 3.17. The molecule has 0 bridgehead atoms. The van der Waals surface area contributed by atoms with Crippen LogP contribution in [0, 0.1) is 10.1 Å². The van der Waals surface area contributed by atoms with Gasteiger partial charge in [0, 0.05) is 18.7 Å². The van der Waals surface area contributed by atoms with E-state index < -0.39 is 11.0 Å². The van der Waals surface area contributed by atoms with Crippen LogP contribution in [0.1, 0.15) is 24.8 Å². The van der Waals surface area contributed by atoms with Gasteiger partial charge in [-0.2, -0.15) is 0 Å². The highest BCUT2D eigenvalue weighted by atomic mass is 16.6. The molecule has 116 valence electrons. The van der Waals surface area contributed by atoms with Crippen LogP contribution in [0.15, 0.2) is 24.3 Å². The normalized spacial score (nSPS) is 11.9. The maximum atomic E-state index is 11.7. The molecular formula is C14H22N4O3. The van der Waals surface area contributed by atoms with Crippen LogP contribution in [0.4, 0.5) is 5.69 Å². The second kappa shape index (κ2) is 9.04. The first-order valence-electron chi connectivity index (χ1n) is 7.01. The molecule has 7 heteroatoms. The fraction of sp³-hybridized carbons (Fsp3) is 0.500. The fourth-order valence-corrected chi connectivity index (χ4v) is 1.89. The number of unbranched alkanes of at least 4 members (excludes halogenated alkanes) is 1. The second-order valence-electron chi connectivity index (χ2n) is 4.86. The maximum absolute atomic E-state index is 11.7. The van der Waals surface area contributed by atoms with Gasteiger partial charge in [0.2, 0.25) is 5.91 Å². The highest BCUT2D eigenvalue weighted by molar-refractivity contribution is 5.81. The van der Waals surface area contributed by atoms with E-state index in [4.69, 9.17) is 11.5 Å². The minimum atomic E-state index is -0.506. The smallest absolute Gasteiger partial charge is 0.269 e. The van der Waals surface area contributed by atoms with Gasteiger partial charge in [0.25, 0.3) is 5.69 Å². The third-order valence-corrected chi connectivity index (χ3v) is 3.17. The van der Waals surface area contributed by atoms with Gasteiger partial charge in [0.15, 0.2) is 0 Å². The molecule has 0 aliphatic heterocycles. The van der Waals surface area contributed by atoms with E-state index in [0.717, 1.165) is 18.4 Å². The molecule has 0 radical (unpaired) electrons. The van der Waals surface area contributed by atoms with Crippen LogP contribution < -0.4 is 16.8 Å². The van der Waals surface area contributed by atoms with E-state index in [9.17, 15) is 14.9 Å². The van der Waals surface area contributed by atoms with Crippen molar-refractivity contribution >= 4 is 11.6 Å². The first-order valence-corrected chi connectivity index (χ1v) is 7.01. The lowest BCUT2D eigenvalue weighted by Crippen LogP contribution is -2.41. The summed E-state index contributed by atoms with van der Waals surface area (Å²) >= 11 is 0. The molecule has 0 saturated carbocycles. The number of nitro benzene ring substituents is 1. The highest BCUT2D eigenvalue weighted by Crippen LogP contribution is 2.11. The zero-order valence-corrected chi connectivity index (χ0v) is 12.0. The summed E-state index contributed by atoms with van der Waals surface area (Å²) in [6, 6.07) is 5.77. The van der Waals surface area contributed by atoms with Gasteiger partial charge in [-0.3, -0.25) is 14.9 Å². The second-order valence-corrected chi connectivity index (χ2v) is 4.86. The summed E-state index contributed by atoms with van der Waals surface area (Å²) in [5, 5.41) is 13.3. The lowest BCUT2D eigenvalue weighted by molar-refractivity contribution is -0.384. The van der Waals surface area contributed by atoms with Gasteiger partial charge in [-0.1, -0.05) is 18.6 Å². The number of nitrogens with two attached hydrogens (primary N) is 2. The average Bonchev–Trinajstić information content (AvgIpc) is 2.47. The van der Waals surface area contributed by atoms with Crippen molar-refractivity contribution in [3.05, 3.63) is 39.9 Å². The lowest BCUT2D eigenvalue weighted by Gasteiger charge is -2.11. The maximum Gasteiger partial charge on any atom is 0.269 e. The molecule has 1 amide bonds. The summed E-state index contributed by atoms with van der Waals surface area (Å²) in [6.45, 7) is 1.07. The van der Waals surface area contributed by atoms with E-state index in [2.05, 4.69) is 5.32 Å². The quantitative estimate of drug-likeness (QED) is 0.351. The Labute approximate surface area is 123 Å². The molecule has 21 heavy (non-hydrogen) atoms. The van der Waals surface area contributed by atoms with E-state index in [1.165, 1.54) is 12.1 Å². The predicted molar refractivity (Wildman–Crippen MR) is 80.7 cm³/mol. The Morgan fingerprint density at radius 3 is 2.52 bits per heavy atom. The molecule has 0 heterocycles. The Bertz CT molecular complexity index is 462. The van der Waals surface area contributed by atoms with Crippen LogP contribution in [-0.4, -0.2) is 30.0 Å². The van der Waals surface area contributed by atoms with E-state index >= 15 is 0 Å². The first kappa shape index (κ1) is 17.1. The number of nitrogens with zero attached hydrogens (tertiary/aromatic N) is 1. The van der Waals surface area contributed by atoms with Gasteiger partial charge in [-0.15, -0.1) is 0 Å². The van der Waals surface area contributed by atoms with Gasteiger partial charge in [-0.05, 0) is 31.4 Å². The van der Waals surface area contributed by atoms with Crippen molar-refractivity contribution in [3.8, 4) is 0 Å². The monoisotopic (exact) mass is 294 g/mol. The fourth-order valence-electron chi connectivity index (χ4n) is 1.89. The minimum absolute atomic E-state index is 0.0599. The predicted octanol–water partition coefficient (Wildman–Crippen LogP) is 0.710. The molecule has 7 nitrogen and oxygen atoms in total. The molecule has 1 rings (SSSR count). The summed E-state index contributed by atoms with van der Waals surface area (Å²) in [6.07, 6.45) is 2.94. The molecule has 0 spiro atoms. The van der Waals surface area contributed by atoms with Crippen molar-refractivity contribution in [2.75, 3.05) is 13.1 Å². The van der Waals surface area contributed by atoms with E-state index in [1.807, 2.05) is 0 Å². The van der Waals surface area contributed by atoms with Gasteiger partial charge < -0.3 is 16.8 Å². The van der Waals surface area contributed by atoms with Crippen molar-refractivity contribution in [1.82, 2.24) is 5.32 Å². The van der Waals surface area contributed by atoms with Crippen molar-refractivity contribution in [1.29, 1.82) is 0 Å². The third kappa shape index (κ3) is 6.33. The zero-order chi connectivity index (χ0) is 15.7. The van der Waals surface area contributed by atoms with Crippen LogP contribution in [0.3, 0.4) is 0 Å². The summed E-state index contributed by atoms with van der Waals surface area (Å²) in [7, 11) is 0. The molecule has 0 fully saturated rings. The molecule has 0 aliphatic carbocycles. The largest absolute Gasteiger partial charge is 0.354 e.